The highest BCUT2D eigenvalue weighted by Gasteiger charge is 2.35. The number of halogens is 1. The molecular formula is C14H22IN3O. The molecule has 0 aliphatic heterocycles. The molecule has 1 aliphatic rings. The lowest BCUT2D eigenvalue weighted by atomic mass is 10.2. The van der Waals surface area contributed by atoms with E-state index in [9.17, 15) is 0 Å². The van der Waals surface area contributed by atoms with Crippen molar-refractivity contribution in [1.82, 2.24) is 0 Å². The molecule has 2 rings (SSSR count). The third-order valence-electron chi connectivity index (χ3n) is 3.21. The highest BCUT2D eigenvalue weighted by Crippen LogP contribution is 2.37. The van der Waals surface area contributed by atoms with E-state index in [0.717, 1.165) is 17.4 Å². The Balaban J connectivity index is 0.00000180. The maximum absolute atomic E-state index is 5.88. The van der Waals surface area contributed by atoms with Gasteiger partial charge in [-0.25, -0.2) is 4.99 Å². The van der Waals surface area contributed by atoms with Crippen LogP contribution in [0.3, 0.4) is 0 Å². The maximum Gasteiger partial charge on any atom is 0.193 e. The van der Waals surface area contributed by atoms with Crippen LogP contribution in [0, 0.1) is 5.92 Å². The second-order valence-corrected chi connectivity index (χ2v) is 4.72. The van der Waals surface area contributed by atoms with Gasteiger partial charge in [0, 0.05) is 5.69 Å². The van der Waals surface area contributed by atoms with E-state index in [4.69, 9.17) is 10.5 Å². The first kappa shape index (κ1) is 16.1. The average molecular weight is 375 g/mol. The van der Waals surface area contributed by atoms with Crippen LogP contribution in [0.2, 0.25) is 0 Å². The highest BCUT2D eigenvalue weighted by molar-refractivity contribution is 14.0. The molecule has 106 valence electrons. The molecule has 19 heavy (non-hydrogen) atoms. The summed E-state index contributed by atoms with van der Waals surface area (Å²) in [6.45, 7) is 2.21. The average Bonchev–Trinajstić information content (AvgIpc) is 3.08. The zero-order valence-electron chi connectivity index (χ0n) is 11.4. The summed E-state index contributed by atoms with van der Waals surface area (Å²) in [6, 6.07) is 8.07. The van der Waals surface area contributed by atoms with Crippen LogP contribution in [0.4, 0.5) is 5.69 Å². The van der Waals surface area contributed by atoms with Crippen molar-refractivity contribution in [2.45, 2.75) is 32.2 Å². The van der Waals surface area contributed by atoms with Gasteiger partial charge in [0.1, 0.15) is 5.75 Å². The molecule has 2 atom stereocenters. The Morgan fingerprint density at radius 3 is 2.68 bits per heavy atom. The molecule has 3 N–H and O–H groups in total. The van der Waals surface area contributed by atoms with E-state index in [2.05, 4.69) is 17.2 Å². The third-order valence-corrected chi connectivity index (χ3v) is 3.21. The number of aliphatic imine (C=N–C) groups is 1. The van der Waals surface area contributed by atoms with Gasteiger partial charge >= 0.3 is 0 Å². The molecule has 1 fully saturated rings. The number of methoxy groups -OCH3 is 1. The first-order valence-electron chi connectivity index (χ1n) is 6.47. The molecule has 0 amide bonds. The number of anilines is 1. The van der Waals surface area contributed by atoms with Crippen LogP contribution in [0.25, 0.3) is 0 Å². The molecule has 0 spiro atoms. The Labute approximate surface area is 131 Å². The minimum atomic E-state index is 0. The summed E-state index contributed by atoms with van der Waals surface area (Å²) in [5, 5.41) is 3.10. The number of benzene rings is 1. The zero-order chi connectivity index (χ0) is 13.0. The van der Waals surface area contributed by atoms with Gasteiger partial charge in [0.15, 0.2) is 5.96 Å². The van der Waals surface area contributed by atoms with Crippen molar-refractivity contribution in [3.63, 3.8) is 0 Å². The van der Waals surface area contributed by atoms with Crippen molar-refractivity contribution in [3.05, 3.63) is 24.3 Å². The van der Waals surface area contributed by atoms with Crippen LogP contribution >= 0.6 is 24.0 Å². The van der Waals surface area contributed by atoms with Crippen LogP contribution in [-0.4, -0.2) is 19.1 Å². The number of nitrogens with two attached hydrogens (primary N) is 1. The van der Waals surface area contributed by atoms with Crippen molar-refractivity contribution in [2.24, 2.45) is 16.6 Å². The Morgan fingerprint density at radius 2 is 2.11 bits per heavy atom. The Morgan fingerprint density at radius 1 is 1.42 bits per heavy atom. The smallest absolute Gasteiger partial charge is 0.193 e. The van der Waals surface area contributed by atoms with Gasteiger partial charge in [0.2, 0.25) is 0 Å². The molecule has 0 saturated heterocycles. The van der Waals surface area contributed by atoms with Gasteiger partial charge in [-0.05, 0) is 43.0 Å². The number of ether oxygens (including phenoxy) is 1. The Kier molecular flexibility index (Phi) is 6.41. The number of guanidine groups is 1. The molecule has 0 aromatic heterocycles. The fourth-order valence-electron chi connectivity index (χ4n) is 2.10. The molecule has 0 radical (unpaired) electrons. The Bertz CT molecular complexity index is 419. The van der Waals surface area contributed by atoms with Crippen LogP contribution in [0.1, 0.15) is 26.2 Å². The summed E-state index contributed by atoms with van der Waals surface area (Å²) in [5.74, 6) is 2.08. The third kappa shape index (κ3) is 4.89. The summed E-state index contributed by atoms with van der Waals surface area (Å²) in [5.41, 5.74) is 6.82. The molecule has 1 aromatic rings. The second kappa shape index (κ2) is 7.57. The van der Waals surface area contributed by atoms with Gasteiger partial charge in [-0.1, -0.05) is 13.3 Å². The largest absolute Gasteiger partial charge is 0.497 e. The molecule has 1 aromatic carbocycles. The maximum atomic E-state index is 5.88. The first-order valence-corrected chi connectivity index (χ1v) is 6.47. The van der Waals surface area contributed by atoms with E-state index >= 15 is 0 Å². The molecule has 1 saturated carbocycles. The van der Waals surface area contributed by atoms with Gasteiger partial charge < -0.3 is 15.8 Å². The van der Waals surface area contributed by atoms with Crippen molar-refractivity contribution in [2.75, 3.05) is 12.4 Å². The molecular weight excluding hydrogens is 353 g/mol. The van der Waals surface area contributed by atoms with Gasteiger partial charge in [0.25, 0.3) is 0 Å². The van der Waals surface area contributed by atoms with Gasteiger partial charge in [-0.3, -0.25) is 0 Å². The number of hydrogen-bond donors (Lipinski definition) is 2. The van der Waals surface area contributed by atoms with E-state index < -0.39 is 0 Å². The fraction of sp³-hybridized carbons (Fsp3) is 0.500. The van der Waals surface area contributed by atoms with Crippen LogP contribution in [-0.2, 0) is 0 Å². The van der Waals surface area contributed by atoms with Crippen molar-refractivity contribution in [1.29, 1.82) is 0 Å². The summed E-state index contributed by atoms with van der Waals surface area (Å²) < 4.78 is 5.10. The van der Waals surface area contributed by atoms with E-state index in [0.29, 0.717) is 12.0 Å². The number of rotatable bonds is 5. The first-order chi connectivity index (χ1) is 8.72. The van der Waals surface area contributed by atoms with E-state index in [1.54, 1.807) is 7.11 Å². The standard InChI is InChI=1S/C14H21N3O.HI/c1-3-4-10-9-13(10)17-14(15)16-11-5-7-12(18-2)8-6-11;/h5-8,10,13H,3-4,9H2,1-2H3,(H3,15,16,17);1H/t10-,13-;/m1./s1. The summed E-state index contributed by atoms with van der Waals surface area (Å²) in [4.78, 5) is 4.48. The van der Waals surface area contributed by atoms with Crippen LogP contribution in [0.15, 0.2) is 29.3 Å². The number of hydrogen-bond acceptors (Lipinski definition) is 2. The van der Waals surface area contributed by atoms with Gasteiger partial charge in [-0.2, -0.15) is 0 Å². The van der Waals surface area contributed by atoms with Crippen molar-refractivity contribution >= 4 is 35.6 Å². The Hall–Kier alpha value is -0.980. The van der Waals surface area contributed by atoms with E-state index in [1.165, 1.54) is 19.3 Å². The quantitative estimate of drug-likeness (QED) is 0.472. The molecule has 0 bridgehead atoms. The normalized spacial score (nSPS) is 21.5. The molecule has 5 heteroatoms. The van der Waals surface area contributed by atoms with Crippen molar-refractivity contribution < 1.29 is 4.74 Å². The topological polar surface area (TPSA) is 59.6 Å². The zero-order valence-corrected chi connectivity index (χ0v) is 13.8. The molecule has 0 unspecified atom stereocenters. The van der Waals surface area contributed by atoms with Crippen LogP contribution in [0.5, 0.6) is 5.75 Å². The highest BCUT2D eigenvalue weighted by atomic mass is 127. The second-order valence-electron chi connectivity index (χ2n) is 4.72. The number of nitrogens with one attached hydrogen (secondary N) is 1. The molecule has 1 aliphatic carbocycles. The SMILES string of the molecule is CCC[C@@H]1C[C@H]1N=C(N)Nc1ccc(OC)cc1.I. The van der Waals surface area contributed by atoms with E-state index in [-0.39, 0.29) is 24.0 Å². The van der Waals surface area contributed by atoms with Gasteiger partial charge in [0.05, 0.1) is 13.2 Å². The minimum absolute atomic E-state index is 0. The number of nitrogens with zero attached hydrogens (tertiary/aromatic N) is 1. The summed E-state index contributed by atoms with van der Waals surface area (Å²) in [6.07, 6.45) is 3.66. The monoisotopic (exact) mass is 375 g/mol. The lowest BCUT2D eigenvalue weighted by molar-refractivity contribution is 0.415. The molecule has 0 heterocycles. The lowest BCUT2D eigenvalue weighted by Gasteiger charge is -2.06. The lowest BCUT2D eigenvalue weighted by Crippen LogP contribution is -2.23. The van der Waals surface area contributed by atoms with E-state index in [1.807, 2.05) is 24.3 Å². The summed E-state index contributed by atoms with van der Waals surface area (Å²) >= 11 is 0. The predicted octanol–water partition coefficient (Wildman–Crippen LogP) is 3.23. The minimum Gasteiger partial charge on any atom is -0.497 e. The molecule has 4 nitrogen and oxygen atoms in total. The fourth-order valence-corrected chi connectivity index (χ4v) is 2.10. The van der Waals surface area contributed by atoms with Gasteiger partial charge in [-0.15, -0.1) is 24.0 Å². The predicted molar refractivity (Wildman–Crippen MR) is 90.5 cm³/mol. The summed E-state index contributed by atoms with van der Waals surface area (Å²) in [7, 11) is 1.65. The van der Waals surface area contributed by atoms with Crippen LogP contribution < -0.4 is 15.8 Å². The van der Waals surface area contributed by atoms with Crippen molar-refractivity contribution in [3.8, 4) is 5.75 Å².